The molecule has 0 aromatic heterocycles. The van der Waals surface area contributed by atoms with Gasteiger partial charge in [0, 0.05) is 34.7 Å². The quantitative estimate of drug-likeness (QED) is 0.512. The van der Waals surface area contributed by atoms with Crippen molar-refractivity contribution in [2.45, 2.75) is 26.7 Å². The van der Waals surface area contributed by atoms with Gasteiger partial charge in [-0.25, -0.2) is 5.43 Å². The van der Waals surface area contributed by atoms with E-state index in [-0.39, 0.29) is 45.9 Å². The highest BCUT2D eigenvalue weighted by Gasteiger charge is 2.35. The Morgan fingerprint density at radius 2 is 2.25 bits per heavy atom. The van der Waals surface area contributed by atoms with Crippen LogP contribution in [0.5, 0.6) is 0 Å². The van der Waals surface area contributed by atoms with E-state index in [1.807, 2.05) is 6.92 Å². The van der Waals surface area contributed by atoms with Gasteiger partial charge in [0.15, 0.2) is 0 Å². The summed E-state index contributed by atoms with van der Waals surface area (Å²) >= 11 is 0. The lowest BCUT2D eigenvalue weighted by atomic mass is 10.1. The molecule has 1 saturated heterocycles. The fourth-order valence-corrected chi connectivity index (χ4v) is 1.55. The molecule has 1 aliphatic heterocycles. The van der Waals surface area contributed by atoms with E-state index < -0.39 is 0 Å². The van der Waals surface area contributed by atoms with Crippen molar-refractivity contribution in [1.82, 2.24) is 15.8 Å². The average Bonchev–Trinajstić information content (AvgIpc) is 2.48. The normalized spacial score (nSPS) is 20.4. The van der Waals surface area contributed by atoms with Gasteiger partial charge in [0.05, 0.1) is 0 Å². The number of imide groups is 1. The number of rotatable bonds is 5. The lowest BCUT2D eigenvalue weighted by Crippen LogP contribution is -2.40. The minimum absolute atomic E-state index is 0. The molecule has 2 N–H and O–H groups in total. The molecule has 6 nitrogen and oxygen atoms in total. The fraction of sp³-hybridized carbons (Fsp3) is 0.700. The van der Waals surface area contributed by atoms with Crippen molar-refractivity contribution in [2.75, 3.05) is 13.1 Å². The molecule has 0 radical (unpaired) electrons. The van der Waals surface area contributed by atoms with Crippen molar-refractivity contribution < 1.29 is 17.2 Å². The van der Waals surface area contributed by atoms with E-state index in [1.54, 1.807) is 6.92 Å². The molecule has 1 aliphatic rings. The van der Waals surface area contributed by atoms with Crippen molar-refractivity contribution in [3.8, 4) is 0 Å². The van der Waals surface area contributed by atoms with Gasteiger partial charge in [-0.3, -0.25) is 24.7 Å². The number of carbonyl (C=O) groups excluding carboxylic acids is 3. The predicted octanol–water partition coefficient (Wildman–Crippen LogP) is -0.0958. The molecule has 0 aliphatic carbocycles. The van der Waals surface area contributed by atoms with E-state index in [4.69, 9.17) is 0 Å². The molecular formula is C10H21N3O3. The number of hydrogen-bond donors (Lipinski definition) is 2. The standard InChI is InChI=1S/C10H17N3O3.2H2/c1-3-11-12-8(14)4-5-13-9(15)6-7(2)10(13)16;;/h7,11H,3-6H2,1-2H3,(H,12,14);2*1H. The third kappa shape index (κ3) is 3.03. The Labute approximate surface area is 97.3 Å². The van der Waals surface area contributed by atoms with Crippen LogP contribution in [0.4, 0.5) is 0 Å². The molecule has 3 amide bonds. The highest BCUT2D eigenvalue weighted by Crippen LogP contribution is 2.18. The SMILES string of the molecule is CCNNC(=O)CCN1C(=O)CC(C)C1=O.[HH].[HH]. The Morgan fingerprint density at radius 3 is 2.75 bits per heavy atom. The van der Waals surface area contributed by atoms with Gasteiger partial charge in [0.2, 0.25) is 17.7 Å². The van der Waals surface area contributed by atoms with Crippen LogP contribution in [-0.4, -0.2) is 35.7 Å². The zero-order valence-corrected chi connectivity index (χ0v) is 9.58. The highest BCUT2D eigenvalue weighted by molar-refractivity contribution is 6.03. The van der Waals surface area contributed by atoms with Gasteiger partial charge in [0.25, 0.3) is 0 Å². The van der Waals surface area contributed by atoms with Crippen LogP contribution in [0.2, 0.25) is 0 Å². The largest absolute Gasteiger partial charge is 0.292 e. The topological polar surface area (TPSA) is 78.5 Å². The van der Waals surface area contributed by atoms with Gasteiger partial charge in [-0.1, -0.05) is 13.8 Å². The molecule has 1 fully saturated rings. The molecule has 16 heavy (non-hydrogen) atoms. The maximum absolute atomic E-state index is 11.5. The van der Waals surface area contributed by atoms with Crippen molar-refractivity contribution in [3.63, 3.8) is 0 Å². The number of amides is 3. The maximum Gasteiger partial charge on any atom is 0.235 e. The Bertz CT molecular complexity index is 313. The summed E-state index contributed by atoms with van der Waals surface area (Å²) < 4.78 is 0. The van der Waals surface area contributed by atoms with Crippen LogP contribution < -0.4 is 10.9 Å². The van der Waals surface area contributed by atoms with Gasteiger partial charge < -0.3 is 0 Å². The van der Waals surface area contributed by atoms with E-state index >= 15 is 0 Å². The third-order valence-electron chi connectivity index (χ3n) is 2.44. The Balaban J connectivity index is 0. The third-order valence-corrected chi connectivity index (χ3v) is 2.44. The zero-order valence-electron chi connectivity index (χ0n) is 9.58. The summed E-state index contributed by atoms with van der Waals surface area (Å²) in [7, 11) is 0. The monoisotopic (exact) mass is 231 g/mol. The number of carbonyl (C=O) groups is 3. The summed E-state index contributed by atoms with van der Waals surface area (Å²) in [6.45, 7) is 4.37. The van der Waals surface area contributed by atoms with Gasteiger partial charge in [-0.15, -0.1) is 0 Å². The second kappa shape index (κ2) is 5.60. The number of hydrazine groups is 1. The first-order valence-corrected chi connectivity index (χ1v) is 5.42. The summed E-state index contributed by atoms with van der Waals surface area (Å²) in [5.41, 5.74) is 5.13. The van der Waals surface area contributed by atoms with Crippen LogP contribution in [0.25, 0.3) is 0 Å². The minimum Gasteiger partial charge on any atom is -0.292 e. The van der Waals surface area contributed by atoms with Crippen molar-refractivity contribution in [2.24, 2.45) is 5.92 Å². The molecule has 6 heteroatoms. The molecule has 0 spiro atoms. The Kier molecular flexibility index (Phi) is 4.42. The van der Waals surface area contributed by atoms with E-state index in [0.29, 0.717) is 6.54 Å². The van der Waals surface area contributed by atoms with Gasteiger partial charge >= 0.3 is 0 Å². The van der Waals surface area contributed by atoms with E-state index in [1.165, 1.54) is 0 Å². The van der Waals surface area contributed by atoms with E-state index in [0.717, 1.165) is 4.90 Å². The number of nitrogens with zero attached hydrogens (tertiary/aromatic N) is 1. The van der Waals surface area contributed by atoms with Crippen LogP contribution in [0.15, 0.2) is 0 Å². The van der Waals surface area contributed by atoms with Gasteiger partial charge in [-0.05, 0) is 0 Å². The molecule has 1 rings (SSSR count). The van der Waals surface area contributed by atoms with Crippen LogP contribution in [0, 0.1) is 5.92 Å². The first-order chi connectivity index (χ1) is 7.56. The molecule has 0 aromatic carbocycles. The number of hydrogen-bond acceptors (Lipinski definition) is 4. The minimum atomic E-state index is -0.246. The summed E-state index contributed by atoms with van der Waals surface area (Å²) in [5.74, 6) is -0.832. The van der Waals surface area contributed by atoms with Crippen LogP contribution in [0.3, 0.4) is 0 Å². The average molecular weight is 231 g/mol. The van der Waals surface area contributed by atoms with Gasteiger partial charge in [-0.2, -0.15) is 0 Å². The highest BCUT2D eigenvalue weighted by atomic mass is 16.2. The molecule has 1 atom stereocenters. The van der Waals surface area contributed by atoms with Crippen molar-refractivity contribution in [1.29, 1.82) is 0 Å². The van der Waals surface area contributed by atoms with E-state index in [9.17, 15) is 14.4 Å². The first kappa shape index (κ1) is 12.6. The van der Waals surface area contributed by atoms with Crippen LogP contribution >= 0.6 is 0 Å². The summed E-state index contributed by atoms with van der Waals surface area (Å²) in [6, 6.07) is 0. The van der Waals surface area contributed by atoms with E-state index in [2.05, 4.69) is 10.9 Å². The summed E-state index contributed by atoms with van der Waals surface area (Å²) in [4.78, 5) is 35.3. The lowest BCUT2D eigenvalue weighted by molar-refractivity contribution is -0.139. The molecular weight excluding hydrogens is 210 g/mol. The molecule has 1 heterocycles. The Morgan fingerprint density at radius 1 is 1.56 bits per heavy atom. The van der Waals surface area contributed by atoms with Crippen LogP contribution in [0.1, 0.15) is 29.5 Å². The number of nitrogens with one attached hydrogen (secondary N) is 2. The fourth-order valence-electron chi connectivity index (χ4n) is 1.55. The molecule has 0 aromatic rings. The second-order valence-corrected chi connectivity index (χ2v) is 3.82. The number of likely N-dealkylation sites (tertiary alicyclic amines) is 1. The smallest absolute Gasteiger partial charge is 0.235 e. The summed E-state index contributed by atoms with van der Waals surface area (Å²) in [6.07, 6.45) is 0.394. The van der Waals surface area contributed by atoms with Crippen molar-refractivity contribution >= 4 is 17.7 Å². The molecule has 1 unspecified atom stereocenters. The van der Waals surface area contributed by atoms with Crippen molar-refractivity contribution in [3.05, 3.63) is 0 Å². The second-order valence-electron chi connectivity index (χ2n) is 3.82. The lowest BCUT2D eigenvalue weighted by Gasteiger charge is -2.13. The molecule has 94 valence electrons. The summed E-state index contributed by atoms with van der Waals surface area (Å²) in [5, 5.41) is 0. The predicted molar refractivity (Wildman–Crippen MR) is 61.2 cm³/mol. The zero-order chi connectivity index (χ0) is 12.1. The first-order valence-electron chi connectivity index (χ1n) is 5.42. The Hall–Kier alpha value is -1.43. The van der Waals surface area contributed by atoms with Gasteiger partial charge in [0.1, 0.15) is 0 Å². The van der Waals surface area contributed by atoms with Crippen LogP contribution in [-0.2, 0) is 14.4 Å². The molecule has 0 bridgehead atoms. The maximum atomic E-state index is 11.5. The molecule has 0 saturated carbocycles.